The molecule has 20 heavy (non-hydrogen) atoms. The first-order valence-corrected chi connectivity index (χ1v) is 8.08. The molecule has 3 nitrogen and oxygen atoms in total. The summed E-state index contributed by atoms with van der Waals surface area (Å²) in [6, 6.07) is 7.17. The Morgan fingerprint density at radius 1 is 1.45 bits per heavy atom. The second-order valence-electron chi connectivity index (χ2n) is 5.46. The first-order chi connectivity index (χ1) is 9.74. The fourth-order valence-corrected chi connectivity index (χ4v) is 3.43. The van der Waals surface area contributed by atoms with Crippen LogP contribution in [-0.4, -0.2) is 18.6 Å². The molecule has 0 spiro atoms. The van der Waals surface area contributed by atoms with Crippen molar-refractivity contribution in [2.24, 2.45) is 0 Å². The Bertz CT molecular complexity index is 565. The summed E-state index contributed by atoms with van der Waals surface area (Å²) in [5.41, 5.74) is 4.25. The van der Waals surface area contributed by atoms with E-state index >= 15 is 0 Å². The smallest absolute Gasteiger partial charge is 0.109 e. The van der Waals surface area contributed by atoms with Gasteiger partial charge in [-0.05, 0) is 37.0 Å². The third-order valence-electron chi connectivity index (χ3n) is 3.93. The highest BCUT2D eigenvalue weighted by molar-refractivity contribution is 7.09. The summed E-state index contributed by atoms with van der Waals surface area (Å²) in [4.78, 5) is 6.71. The molecule has 1 aromatic heterocycles. The standard InChI is InChI=1S/C16H21N3S/c1-12(16-17-7-9-20-16)18-11-13-5-6-15-14(10-13)4-3-8-19(15)2/h5-7,9-10,12,18H,3-4,8,11H2,1-2H3. The van der Waals surface area contributed by atoms with Crippen molar-refractivity contribution in [2.75, 3.05) is 18.5 Å². The van der Waals surface area contributed by atoms with Crippen molar-refractivity contribution in [2.45, 2.75) is 32.4 Å². The number of nitrogens with one attached hydrogen (secondary N) is 1. The van der Waals surface area contributed by atoms with Gasteiger partial charge in [-0.25, -0.2) is 4.98 Å². The Kier molecular flexibility index (Phi) is 4.03. The summed E-state index contributed by atoms with van der Waals surface area (Å²) < 4.78 is 0. The molecule has 1 aliphatic heterocycles. The Balaban J connectivity index is 1.66. The number of rotatable bonds is 4. The predicted molar refractivity (Wildman–Crippen MR) is 85.4 cm³/mol. The van der Waals surface area contributed by atoms with Crippen LogP contribution in [0, 0.1) is 0 Å². The molecule has 0 fully saturated rings. The highest BCUT2D eigenvalue weighted by Gasteiger charge is 2.14. The van der Waals surface area contributed by atoms with Gasteiger partial charge in [-0.3, -0.25) is 0 Å². The van der Waals surface area contributed by atoms with Gasteiger partial charge in [0, 0.05) is 37.4 Å². The van der Waals surface area contributed by atoms with E-state index in [0.717, 1.165) is 11.6 Å². The molecule has 1 atom stereocenters. The molecule has 0 saturated heterocycles. The molecule has 0 amide bonds. The van der Waals surface area contributed by atoms with E-state index in [1.165, 1.54) is 36.2 Å². The van der Waals surface area contributed by atoms with Gasteiger partial charge in [0.15, 0.2) is 0 Å². The summed E-state index contributed by atoms with van der Waals surface area (Å²) >= 11 is 1.71. The van der Waals surface area contributed by atoms with Gasteiger partial charge in [-0.2, -0.15) is 0 Å². The third-order valence-corrected chi connectivity index (χ3v) is 4.89. The minimum absolute atomic E-state index is 0.314. The minimum Gasteiger partial charge on any atom is -0.374 e. The van der Waals surface area contributed by atoms with E-state index in [1.54, 1.807) is 11.3 Å². The Morgan fingerprint density at radius 2 is 2.35 bits per heavy atom. The zero-order valence-electron chi connectivity index (χ0n) is 12.1. The number of thiazole rings is 1. The van der Waals surface area contributed by atoms with Crippen molar-refractivity contribution in [3.8, 4) is 0 Å². The molecular weight excluding hydrogens is 266 g/mol. The summed E-state index contributed by atoms with van der Waals surface area (Å²) in [5, 5.41) is 6.74. The van der Waals surface area contributed by atoms with E-state index < -0.39 is 0 Å². The number of aromatic nitrogens is 1. The van der Waals surface area contributed by atoms with E-state index in [-0.39, 0.29) is 0 Å². The van der Waals surface area contributed by atoms with Crippen LogP contribution in [0.1, 0.15) is 35.5 Å². The molecule has 1 N–H and O–H groups in total. The maximum Gasteiger partial charge on any atom is 0.109 e. The number of hydrogen-bond donors (Lipinski definition) is 1. The SMILES string of the molecule is CC(NCc1ccc2c(c1)CCCN2C)c1nccs1. The van der Waals surface area contributed by atoms with Crippen molar-refractivity contribution >= 4 is 17.0 Å². The average molecular weight is 287 g/mol. The Hall–Kier alpha value is -1.39. The van der Waals surface area contributed by atoms with E-state index in [1.807, 2.05) is 11.6 Å². The van der Waals surface area contributed by atoms with Crippen molar-refractivity contribution in [3.63, 3.8) is 0 Å². The fraction of sp³-hybridized carbons (Fsp3) is 0.438. The van der Waals surface area contributed by atoms with Crippen molar-refractivity contribution in [1.82, 2.24) is 10.3 Å². The summed E-state index contributed by atoms with van der Waals surface area (Å²) in [6.07, 6.45) is 4.33. The number of benzene rings is 1. The topological polar surface area (TPSA) is 28.2 Å². The van der Waals surface area contributed by atoms with Crippen molar-refractivity contribution < 1.29 is 0 Å². The largest absolute Gasteiger partial charge is 0.374 e. The van der Waals surface area contributed by atoms with Crippen LogP contribution in [0.15, 0.2) is 29.8 Å². The first-order valence-electron chi connectivity index (χ1n) is 7.20. The molecule has 1 unspecified atom stereocenters. The third kappa shape index (κ3) is 2.86. The molecule has 3 rings (SSSR count). The number of hydrogen-bond acceptors (Lipinski definition) is 4. The van der Waals surface area contributed by atoms with Gasteiger partial charge in [0.1, 0.15) is 5.01 Å². The van der Waals surface area contributed by atoms with Crippen LogP contribution in [0.5, 0.6) is 0 Å². The number of anilines is 1. The zero-order valence-corrected chi connectivity index (χ0v) is 12.9. The van der Waals surface area contributed by atoms with Gasteiger partial charge < -0.3 is 10.2 Å². The Morgan fingerprint density at radius 3 is 3.15 bits per heavy atom. The lowest BCUT2D eigenvalue weighted by atomic mass is 9.99. The quantitative estimate of drug-likeness (QED) is 0.934. The van der Waals surface area contributed by atoms with E-state index in [4.69, 9.17) is 0 Å². The van der Waals surface area contributed by atoms with Crippen LogP contribution in [0.25, 0.3) is 0 Å². The molecule has 1 aliphatic rings. The monoisotopic (exact) mass is 287 g/mol. The first kappa shape index (κ1) is 13.6. The number of fused-ring (bicyclic) bond motifs is 1. The van der Waals surface area contributed by atoms with Crippen LogP contribution >= 0.6 is 11.3 Å². The van der Waals surface area contributed by atoms with Gasteiger partial charge in [0.2, 0.25) is 0 Å². The van der Waals surface area contributed by atoms with Gasteiger partial charge in [0.25, 0.3) is 0 Å². The predicted octanol–water partition coefficient (Wildman–Crippen LogP) is 3.38. The molecule has 0 radical (unpaired) electrons. The lowest BCUT2D eigenvalue weighted by molar-refractivity contribution is 0.571. The molecular formula is C16H21N3S. The molecule has 4 heteroatoms. The van der Waals surface area contributed by atoms with E-state index in [0.29, 0.717) is 6.04 Å². The lowest BCUT2D eigenvalue weighted by Gasteiger charge is -2.28. The normalized spacial score (nSPS) is 16.0. The van der Waals surface area contributed by atoms with Crippen molar-refractivity contribution in [1.29, 1.82) is 0 Å². The van der Waals surface area contributed by atoms with E-state index in [9.17, 15) is 0 Å². The van der Waals surface area contributed by atoms with Gasteiger partial charge in [-0.15, -0.1) is 11.3 Å². The summed E-state index contributed by atoms with van der Waals surface area (Å²) in [7, 11) is 2.18. The maximum absolute atomic E-state index is 4.36. The fourth-order valence-electron chi connectivity index (χ4n) is 2.76. The number of aryl methyl sites for hydroxylation is 1. The molecule has 0 bridgehead atoms. The van der Waals surface area contributed by atoms with Crippen LogP contribution in [-0.2, 0) is 13.0 Å². The lowest BCUT2D eigenvalue weighted by Crippen LogP contribution is -2.25. The highest BCUT2D eigenvalue weighted by atomic mass is 32.1. The molecule has 1 aromatic carbocycles. The molecule has 0 saturated carbocycles. The van der Waals surface area contributed by atoms with E-state index in [2.05, 4.69) is 47.4 Å². The maximum atomic E-state index is 4.36. The minimum atomic E-state index is 0.314. The summed E-state index contributed by atoms with van der Waals surface area (Å²) in [5.74, 6) is 0. The van der Waals surface area contributed by atoms with Crippen LogP contribution in [0.4, 0.5) is 5.69 Å². The molecule has 106 valence electrons. The van der Waals surface area contributed by atoms with Crippen molar-refractivity contribution in [3.05, 3.63) is 45.9 Å². The number of nitrogens with zero attached hydrogens (tertiary/aromatic N) is 2. The zero-order chi connectivity index (χ0) is 13.9. The van der Waals surface area contributed by atoms with Gasteiger partial charge >= 0.3 is 0 Å². The highest BCUT2D eigenvalue weighted by Crippen LogP contribution is 2.27. The second-order valence-corrected chi connectivity index (χ2v) is 6.39. The Labute approximate surface area is 124 Å². The summed E-state index contributed by atoms with van der Waals surface area (Å²) in [6.45, 7) is 4.24. The van der Waals surface area contributed by atoms with Gasteiger partial charge in [0.05, 0.1) is 6.04 Å². The molecule has 2 heterocycles. The molecule has 0 aliphatic carbocycles. The average Bonchev–Trinajstić information content (AvgIpc) is 2.99. The van der Waals surface area contributed by atoms with Crippen LogP contribution in [0.3, 0.4) is 0 Å². The second kappa shape index (κ2) is 5.94. The molecule has 2 aromatic rings. The van der Waals surface area contributed by atoms with Crippen LogP contribution < -0.4 is 10.2 Å². The van der Waals surface area contributed by atoms with Crippen LogP contribution in [0.2, 0.25) is 0 Å². The van der Waals surface area contributed by atoms with Gasteiger partial charge in [-0.1, -0.05) is 12.1 Å².